The molecule has 1 amide bonds. The number of piperidine rings is 1. The zero-order valence-electron chi connectivity index (χ0n) is 19.8. The number of rotatable bonds is 4. The molecule has 1 aromatic carbocycles. The van der Waals surface area contributed by atoms with Crippen molar-refractivity contribution >= 4 is 23.2 Å². The summed E-state index contributed by atoms with van der Waals surface area (Å²) in [4.78, 5) is 14.8. The van der Waals surface area contributed by atoms with Gasteiger partial charge >= 0.3 is 0 Å². The molecule has 1 aliphatic rings. The van der Waals surface area contributed by atoms with Crippen LogP contribution in [0.5, 0.6) is 0 Å². The van der Waals surface area contributed by atoms with E-state index in [9.17, 15) is 14.4 Å². The number of likely N-dealkylation sites (tertiary alicyclic amines) is 1. The molecule has 1 fully saturated rings. The molecular weight excluding hydrogens is 463 g/mol. The lowest BCUT2D eigenvalue weighted by Crippen LogP contribution is -2.38. The highest BCUT2D eigenvalue weighted by molar-refractivity contribution is 7.99. The highest BCUT2D eigenvalue weighted by Gasteiger charge is 2.25. The summed E-state index contributed by atoms with van der Waals surface area (Å²) >= 11 is 1.29. The average Bonchev–Trinajstić information content (AvgIpc) is 3.45. The van der Waals surface area contributed by atoms with Crippen molar-refractivity contribution in [2.24, 2.45) is 0 Å². The molecule has 3 aromatic heterocycles. The molecule has 7 nitrogen and oxygen atoms in total. The molecule has 0 N–H and O–H groups in total. The van der Waals surface area contributed by atoms with Gasteiger partial charge in [0.25, 0.3) is 0 Å². The number of carbonyl (C=O) groups is 1. The van der Waals surface area contributed by atoms with Gasteiger partial charge in [-0.3, -0.25) is 9.48 Å². The summed E-state index contributed by atoms with van der Waals surface area (Å²) in [5, 5.41) is 18.7. The topological polar surface area (TPSA) is 79.2 Å². The van der Waals surface area contributed by atoms with Gasteiger partial charge in [-0.2, -0.15) is 15.5 Å². The molecular formula is C26H25FN6OS. The maximum atomic E-state index is 14.8. The summed E-state index contributed by atoms with van der Waals surface area (Å²) < 4.78 is 18.6. The van der Waals surface area contributed by atoms with Crippen LogP contribution in [0.25, 0.3) is 16.6 Å². The summed E-state index contributed by atoms with van der Waals surface area (Å²) in [6.45, 7) is 6.85. The number of carbonyl (C=O) groups excluding carboxylic acids is 1. The Morgan fingerprint density at radius 2 is 1.94 bits per heavy atom. The van der Waals surface area contributed by atoms with Crippen LogP contribution >= 0.6 is 11.8 Å². The third-order valence-corrected chi connectivity index (χ3v) is 7.75. The van der Waals surface area contributed by atoms with Crippen molar-refractivity contribution in [1.82, 2.24) is 24.3 Å². The van der Waals surface area contributed by atoms with Crippen LogP contribution < -0.4 is 0 Å². The standard InChI is InChI=1S/C26H25FN6OS/c1-16-5-4-6-23(25(16)27)35-24-11-19(15-32-26(24)20(12-28)13-29-32)22-14-30-33(17(22)2)21-7-9-31(10-8-21)18(3)34/h4-6,11,13-15,21H,7-10H2,1-3H3. The molecule has 0 atom stereocenters. The fourth-order valence-corrected chi connectivity index (χ4v) is 5.83. The lowest BCUT2D eigenvalue weighted by Gasteiger charge is -2.32. The van der Waals surface area contributed by atoms with Crippen LogP contribution in [0.3, 0.4) is 0 Å². The summed E-state index contributed by atoms with van der Waals surface area (Å²) in [7, 11) is 0. The number of pyridine rings is 1. The van der Waals surface area contributed by atoms with E-state index in [0.29, 0.717) is 21.5 Å². The Bertz CT molecular complexity index is 1480. The molecule has 0 radical (unpaired) electrons. The molecule has 0 bridgehead atoms. The Hall–Kier alpha value is -3.64. The molecule has 0 unspecified atom stereocenters. The molecule has 0 saturated carbocycles. The highest BCUT2D eigenvalue weighted by Crippen LogP contribution is 2.38. The van der Waals surface area contributed by atoms with Gasteiger partial charge in [-0.25, -0.2) is 8.91 Å². The lowest BCUT2D eigenvalue weighted by molar-refractivity contribution is -0.130. The van der Waals surface area contributed by atoms with Gasteiger partial charge in [-0.15, -0.1) is 0 Å². The predicted molar refractivity (Wildman–Crippen MR) is 132 cm³/mol. The average molecular weight is 489 g/mol. The predicted octanol–water partition coefficient (Wildman–Crippen LogP) is 5.16. The summed E-state index contributed by atoms with van der Waals surface area (Å²) in [6, 6.07) is 9.72. The molecule has 5 rings (SSSR count). The molecule has 0 spiro atoms. The largest absolute Gasteiger partial charge is 0.343 e. The first-order valence-electron chi connectivity index (χ1n) is 11.5. The van der Waals surface area contributed by atoms with Gasteiger partial charge in [-0.1, -0.05) is 23.9 Å². The Kier molecular flexibility index (Phi) is 6.07. The second kappa shape index (κ2) is 9.19. The monoisotopic (exact) mass is 488 g/mol. The Balaban J connectivity index is 1.54. The van der Waals surface area contributed by atoms with Crippen molar-refractivity contribution in [2.75, 3.05) is 13.1 Å². The maximum Gasteiger partial charge on any atom is 0.219 e. The van der Waals surface area contributed by atoms with Crippen LogP contribution in [-0.2, 0) is 4.79 Å². The number of nitriles is 1. The van der Waals surface area contributed by atoms with Crippen LogP contribution in [0.1, 0.15) is 42.6 Å². The number of benzene rings is 1. The molecule has 1 saturated heterocycles. The lowest BCUT2D eigenvalue weighted by atomic mass is 10.0. The fourth-order valence-electron chi connectivity index (χ4n) is 4.71. The fraction of sp³-hybridized carbons (Fsp3) is 0.308. The van der Waals surface area contributed by atoms with Gasteiger partial charge in [0, 0.05) is 52.8 Å². The molecule has 35 heavy (non-hydrogen) atoms. The van der Waals surface area contributed by atoms with Crippen LogP contribution in [0, 0.1) is 31.0 Å². The van der Waals surface area contributed by atoms with Crippen LogP contribution in [-0.4, -0.2) is 43.3 Å². The number of hydrogen-bond acceptors (Lipinski definition) is 5. The van der Waals surface area contributed by atoms with Crippen molar-refractivity contribution in [3.05, 3.63) is 65.5 Å². The van der Waals surface area contributed by atoms with Crippen molar-refractivity contribution in [2.45, 2.75) is 49.4 Å². The molecule has 1 aliphatic heterocycles. The van der Waals surface area contributed by atoms with E-state index in [1.165, 1.54) is 18.0 Å². The van der Waals surface area contributed by atoms with Crippen molar-refractivity contribution in [3.63, 3.8) is 0 Å². The summed E-state index contributed by atoms with van der Waals surface area (Å²) in [5.41, 5.74) is 4.55. The zero-order chi connectivity index (χ0) is 24.7. The van der Waals surface area contributed by atoms with Gasteiger partial charge in [-0.05, 0) is 44.4 Å². The number of nitrogens with zero attached hydrogens (tertiary/aromatic N) is 6. The minimum atomic E-state index is -0.264. The normalized spacial score (nSPS) is 14.4. The SMILES string of the molecule is CC(=O)N1CCC(n2ncc(-c3cc(Sc4cccc(C)c4F)c4c(C#N)cnn4c3)c2C)CC1. The Morgan fingerprint density at radius 3 is 2.66 bits per heavy atom. The summed E-state index contributed by atoms with van der Waals surface area (Å²) in [6.07, 6.45) is 7.00. The second-order valence-electron chi connectivity index (χ2n) is 8.87. The molecule has 4 heterocycles. The quantitative estimate of drug-likeness (QED) is 0.396. The maximum absolute atomic E-state index is 14.8. The van der Waals surface area contributed by atoms with E-state index in [4.69, 9.17) is 5.10 Å². The number of amides is 1. The minimum Gasteiger partial charge on any atom is -0.343 e. The first kappa shape index (κ1) is 23.1. The van der Waals surface area contributed by atoms with E-state index in [1.54, 1.807) is 30.5 Å². The van der Waals surface area contributed by atoms with Gasteiger partial charge in [0.1, 0.15) is 11.9 Å². The minimum absolute atomic E-state index is 0.112. The molecule has 0 aliphatic carbocycles. The van der Waals surface area contributed by atoms with Gasteiger partial charge < -0.3 is 4.90 Å². The second-order valence-corrected chi connectivity index (χ2v) is 9.95. The van der Waals surface area contributed by atoms with E-state index in [1.807, 2.05) is 41.0 Å². The number of halogens is 1. The van der Waals surface area contributed by atoms with E-state index in [2.05, 4.69) is 11.2 Å². The first-order chi connectivity index (χ1) is 16.9. The van der Waals surface area contributed by atoms with Crippen LogP contribution in [0.15, 0.2) is 52.6 Å². The summed E-state index contributed by atoms with van der Waals surface area (Å²) in [5.74, 6) is -0.152. The molecule has 4 aromatic rings. The number of aryl methyl sites for hydroxylation is 1. The number of fused-ring (bicyclic) bond motifs is 1. The first-order valence-corrected chi connectivity index (χ1v) is 12.3. The van der Waals surface area contributed by atoms with E-state index in [0.717, 1.165) is 47.6 Å². The van der Waals surface area contributed by atoms with Gasteiger partial charge in [0.2, 0.25) is 5.91 Å². The van der Waals surface area contributed by atoms with Crippen LogP contribution in [0.2, 0.25) is 0 Å². The Morgan fingerprint density at radius 1 is 1.17 bits per heavy atom. The van der Waals surface area contributed by atoms with Gasteiger partial charge in [0.15, 0.2) is 0 Å². The smallest absolute Gasteiger partial charge is 0.219 e. The number of aromatic nitrogens is 4. The Labute approximate surface area is 207 Å². The van der Waals surface area contributed by atoms with Crippen molar-refractivity contribution in [1.29, 1.82) is 5.26 Å². The van der Waals surface area contributed by atoms with Crippen molar-refractivity contribution in [3.8, 4) is 17.2 Å². The van der Waals surface area contributed by atoms with Crippen molar-refractivity contribution < 1.29 is 9.18 Å². The number of hydrogen-bond donors (Lipinski definition) is 0. The molecule has 9 heteroatoms. The third kappa shape index (κ3) is 4.19. The highest BCUT2D eigenvalue weighted by atomic mass is 32.2. The van der Waals surface area contributed by atoms with E-state index < -0.39 is 0 Å². The molecule has 178 valence electrons. The van der Waals surface area contributed by atoms with Crippen LogP contribution in [0.4, 0.5) is 4.39 Å². The zero-order valence-corrected chi connectivity index (χ0v) is 20.6. The van der Waals surface area contributed by atoms with E-state index >= 15 is 0 Å². The van der Waals surface area contributed by atoms with Gasteiger partial charge in [0.05, 0.1) is 29.5 Å². The third-order valence-electron chi connectivity index (χ3n) is 6.68. The van der Waals surface area contributed by atoms with E-state index in [-0.39, 0.29) is 17.8 Å².